The van der Waals surface area contributed by atoms with Crippen molar-refractivity contribution in [3.05, 3.63) is 21.9 Å². The first kappa shape index (κ1) is 12.1. The van der Waals surface area contributed by atoms with E-state index in [2.05, 4.69) is 0 Å². The fourth-order valence-electron chi connectivity index (χ4n) is 2.01. The van der Waals surface area contributed by atoms with Crippen LogP contribution in [0.25, 0.3) is 0 Å². The summed E-state index contributed by atoms with van der Waals surface area (Å²) >= 11 is 1.49. The Morgan fingerprint density at radius 1 is 1.47 bits per heavy atom. The molecule has 17 heavy (non-hydrogen) atoms. The van der Waals surface area contributed by atoms with Crippen molar-refractivity contribution in [3.8, 4) is 0 Å². The number of ether oxygens (including phenoxy) is 1. The van der Waals surface area contributed by atoms with Gasteiger partial charge in [0, 0.05) is 18.0 Å². The number of nitrogens with zero attached hydrogens (tertiary/aromatic N) is 1. The number of thiophene rings is 1. The molecule has 0 aliphatic carbocycles. The Kier molecular flexibility index (Phi) is 3.47. The number of carbonyl (C=O) groups is 2. The van der Waals surface area contributed by atoms with E-state index in [9.17, 15) is 9.59 Å². The van der Waals surface area contributed by atoms with Crippen LogP contribution in [0.15, 0.2) is 12.1 Å². The molecule has 4 nitrogen and oxygen atoms in total. The molecule has 1 unspecified atom stereocenters. The number of hydrogen-bond acceptors (Lipinski definition) is 4. The Morgan fingerprint density at radius 2 is 2.24 bits per heavy atom. The number of aryl methyl sites for hydroxylation is 1. The van der Waals surface area contributed by atoms with Crippen molar-refractivity contribution in [1.29, 1.82) is 0 Å². The third kappa shape index (κ3) is 2.49. The molecule has 0 saturated carbocycles. The van der Waals surface area contributed by atoms with Crippen molar-refractivity contribution in [1.82, 2.24) is 4.90 Å². The summed E-state index contributed by atoms with van der Waals surface area (Å²) in [5.41, 5.74) is 0. The Labute approximate surface area is 104 Å². The number of esters is 1. The highest BCUT2D eigenvalue weighted by Crippen LogP contribution is 2.23. The molecule has 1 aliphatic heterocycles. The first-order valence-corrected chi connectivity index (χ1v) is 6.37. The Morgan fingerprint density at radius 3 is 2.82 bits per heavy atom. The standard InChI is InChI=1S/C12H15NO3S/c1-8-3-4-10(17-8)11(14)13-6-5-9(7-13)12(15)16-2/h3-4,9H,5-7H2,1-2H3. The first-order chi connectivity index (χ1) is 8.11. The molecule has 0 bridgehead atoms. The number of amides is 1. The van der Waals surface area contributed by atoms with Crippen molar-refractivity contribution < 1.29 is 14.3 Å². The third-order valence-electron chi connectivity index (χ3n) is 2.96. The zero-order valence-corrected chi connectivity index (χ0v) is 10.8. The van der Waals surface area contributed by atoms with Gasteiger partial charge in [-0.1, -0.05) is 0 Å². The zero-order chi connectivity index (χ0) is 12.4. The lowest BCUT2D eigenvalue weighted by atomic mass is 10.1. The maximum Gasteiger partial charge on any atom is 0.310 e. The molecule has 0 spiro atoms. The second-order valence-corrected chi connectivity index (χ2v) is 5.46. The summed E-state index contributed by atoms with van der Waals surface area (Å²) < 4.78 is 4.70. The van der Waals surface area contributed by atoms with Gasteiger partial charge in [0.1, 0.15) is 0 Å². The van der Waals surface area contributed by atoms with E-state index in [0.717, 1.165) is 9.75 Å². The van der Waals surface area contributed by atoms with Gasteiger partial charge in [-0.15, -0.1) is 11.3 Å². The molecular formula is C12H15NO3S. The molecule has 1 aliphatic rings. The van der Waals surface area contributed by atoms with Crippen LogP contribution in [0.1, 0.15) is 21.0 Å². The largest absolute Gasteiger partial charge is 0.469 e. The van der Waals surface area contributed by atoms with E-state index in [-0.39, 0.29) is 17.8 Å². The smallest absolute Gasteiger partial charge is 0.310 e. The van der Waals surface area contributed by atoms with E-state index < -0.39 is 0 Å². The topological polar surface area (TPSA) is 46.6 Å². The van der Waals surface area contributed by atoms with Gasteiger partial charge in [0.2, 0.25) is 0 Å². The molecule has 5 heteroatoms. The molecule has 2 heterocycles. The first-order valence-electron chi connectivity index (χ1n) is 5.55. The normalized spacial score (nSPS) is 19.4. The molecule has 0 aromatic carbocycles. The maximum absolute atomic E-state index is 12.1. The second-order valence-electron chi connectivity index (χ2n) is 4.17. The van der Waals surface area contributed by atoms with Gasteiger partial charge in [0.05, 0.1) is 17.9 Å². The van der Waals surface area contributed by atoms with Crippen molar-refractivity contribution in [2.45, 2.75) is 13.3 Å². The van der Waals surface area contributed by atoms with Gasteiger partial charge in [-0.05, 0) is 25.5 Å². The highest BCUT2D eigenvalue weighted by atomic mass is 32.1. The summed E-state index contributed by atoms with van der Waals surface area (Å²) in [5, 5.41) is 0. The molecule has 1 aromatic heterocycles. The minimum absolute atomic E-state index is 0.0227. The van der Waals surface area contributed by atoms with Crippen LogP contribution in [0.2, 0.25) is 0 Å². The highest BCUT2D eigenvalue weighted by molar-refractivity contribution is 7.13. The fourth-order valence-corrected chi connectivity index (χ4v) is 2.84. The van der Waals surface area contributed by atoms with E-state index in [1.165, 1.54) is 18.4 Å². The lowest BCUT2D eigenvalue weighted by molar-refractivity contribution is -0.144. The molecule has 1 amide bonds. The van der Waals surface area contributed by atoms with Gasteiger partial charge >= 0.3 is 5.97 Å². The van der Waals surface area contributed by atoms with Gasteiger partial charge in [0.25, 0.3) is 5.91 Å². The number of hydrogen-bond donors (Lipinski definition) is 0. The summed E-state index contributed by atoms with van der Waals surface area (Å²) in [6.07, 6.45) is 0.697. The Hall–Kier alpha value is -1.36. The minimum Gasteiger partial charge on any atom is -0.469 e. The molecule has 2 rings (SSSR count). The summed E-state index contributed by atoms with van der Waals surface area (Å²) in [5.74, 6) is -0.359. The average Bonchev–Trinajstić information content (AvgIpc) is 2.95. The van der Waals surface area contributed by atoms with E-state index in [1.807, 2.05) is 19.1 Å². The number of likely N-dealkylation sites (tertiary alicyclic amines) is 1. The van der Waals surface area contributed by atoms with Crippen LogP contribution in [0.5, 0.6) is 0 Å². The van der Waals surface area contributed by atoms with E-state index in [4.69, 9.17) is 4.74 Å². The van der Waals surface area contributed by atoms with Crippen LogP contribution in [-0.4, -0.2) is 37.0 Å². The number of rotatable bonds is 2. The average molecular weight is 253 g/mol. The van der Waals surface area contributed by atoms with E-state index in [1.54, 1.807) is 4.90 Å². The monoisotopic (exact) mass is 253 g/mol. The van der Waals surface area contributed by atoms with Crippen LogP contribution in [-0.2, 0) is 9.53 Å². The molecule has 92 valence electrons. The Balaban J connectivity index is 2.01. The zero-order valence-electron chi connectivity index (χ0n) is 9.93. The van der Waals surface area contributed by atoms with Gasteiger partial charge in [0.15, 0.2) is 0 Å². The molecule has 1 aromatic rings. The summed E-state index contributed by atoms with van der Waals surface area (Å²) in [6.45, 7) is 3.08. The predicted molar refractivity (Wildman–Crippen MR) is 65.1 cm³/mol. The Bertz CT molecular complexity index is 441. The fraction of sp³-hybridized carbons (Fsp3) is 0.500. The predicted octanol–water partition coefficient (Wildman–Crippen LogP) is 1.69. The lowest BCUT2D eigenvalue weighted by Crippen LogP contribution is -2.29. The van der Waals surface area contributed by atoms with Crippen molar-refractivity contribution in [3.63, 3.8) is 0 Å². The molecule has 0 radical (unpaired) electrons. The number of carbonyl (C=O) groups excluding carboxylic acids is 2. The van der Waals surface area contributed by atoms with Crippen LogP contribution in [0.3, 0.4) is 0 Å². The molecule has 1 saturated heterocycles. The highest BCUT2D eigenvalue weighted by Gasteiger charge is 2.32. The second kappa shape index (κ2) is 4.87. The van der Waals surface area contributed by atoms with Gasteiger partial charge in [-0.3, -0.25) is 9.59 Å². The summed E-state index contributed by atoms with van der Waals surface area (Å²) in [4.78, 5) is 27.1. The van der Waals surface area contributed by atoms with Gasteiger partial charge < -0.3 is 9.64 Å². The van der Waals surface area contributed by atoms with Crippen LogP contribution >= 0.6 is 11.3 Å². The van der Waals surface area contributed by atoms with Crippen LogP contribution in [0.4, 0.5) is 0 Å². The van der Waals surface area contributed by atoms with Gasteiger partial charge in [-0.25, -0.2) is 0 Å². The van der Waals surface area contributed by atoms with Crippen molar-refractivity contribution in [2.24, 2.45) is 5.92 Å². The van der Waals surface area contributed by atoms with Gasteiger partial charge in [-0.2, -0.15) is 0 Å². The number of methoxy groups -OCH3 is 1. The van der Waals surface area contributed by atoms with E-state index >= 15 is 0 Å². The minimum atomic E-state index is -0.220. The lowest BCUT2D eigenvalue weighted by Gasteiger charge is -2.14. The molecule has 0 N–H and O–H groups in total. The van der Waals surface area contributed by atoms with Crippen LogP contribution < -0.4 is 0 Å². The third-order valence-corrected chi connectivity index (χ3v) is 3.95. The SMILES string of the molecule is COC(=O)C1CCN(C(=O)c2ccc(C)s2)C1. The van der Waals surface area contributed by atoms with E-state index in [0.29, 0.717) is 19.5 Å². The molecular weight excluding hydrogens is 238 g/mol. The van der Waals surface area contributed by atoms with Crippen LogP contribution in [0, 0.1) is 12.8 Å². The molecule has 1 atom stereocenters. The summed E-state index contributed by atoms with van der Waals surface area (Å²) in [7, 11) is 1.38. The molecule has 1 fully saturated rings. The quantitative estimate of drug-likeness (QED) is 0.754. The maximum atomic E-state index is 12.1. The van der Waals surface area contributed by atoms with Crippen molar-refractivity contribution >= 4 is 23.2 Å². The van der Waals surface area contributed by atoms with Crippen molar-refractivity contribution in [2.75, 3.05) is 20.2 Å². The summed E-state index contributed by atoms with van der Waals surface area (Å²) in [6, 6.07) is 3.78.